The van der Waals surface area contributed by atoms with Gasteiger partial charge in [-0.2, -0.15) is 4.31 Å². The minimum atomic E-state index is -3.55. The predicted molar refractivity (Wildman–Crippen MR) is 99.5 cm³/mol. The monoisotopic (exact) mass is 385 g/mol. The third kappa shape index (κ3) is 4.07. The number of carbonyl (C=O) groups is 1. The molecular formula is C17H27N3O3S2. The van der Waals surface area contributed by atoms with Crippen LogP contribution in [0.4, 0.5) is 0 Å². The summed E-state index contributed by atoms with van der Waals surface area (Å²) in [5.41, 5.74) is 0. The molecule has 0 aliphatic carbocycles. The lowest BCUT2D eigenvalue weighted by Crippen LogP contribution is -2.41. The minimum absolute atomic E-state index is 0.130. The summed E-state index contributed by atoms with van der Waals surface area (Å²) in [5, 5.41) is 5.08. The molecule has 0 atom stereocenters. The van der Waals surface area contributed by atoms with Gasteiger partial charge >= 0.3 is 0 Å². The molecule has 3 rings (SSSR count). The van der Waals surface area contributed by atoms with Crippen LogP contribution in [0, 0.1) is 5.92 Å². The lowest BCUT2D eigenvalue weighted by Gasteiger charge is -2.32. The maximum absolute atomic E-state index is 12.9. The van der Waals surface area contributed by atoms with E-state index in [1.54, 1.807) is 11.4 Å². The highest BCUT2D eigenvalue weighted by Gasteiger charge is 2.34. The molecule has 25 heavy (non-hydrogen) atoms. The summed E-state index contributed by atoms with van der Waals surface area (Å²) in [6, 6.07) is 1.59. The van der Waals surface area contributed by atoms with Crippen LogP contribution >= 0.6 is 11.3 Å². The second kappa shape index (κ2) is 8.16. The third-order valence-electron chi connectivity index (χ3n) is 5.09. The summed E-state index contributed by atoms with van der Waals surface area (Å²) in [6.45, 7) is 6.57. The Bertz CT molecular complexity index is 688. The van der Waals surface area contributed by atoms with E-state index in [-0.39, 0.29) is 10.8 Å². The zero-order valence-corrected chi connectivity index (χ0v) is 16.4. The Morgan fingerprint density at radius 1 is 1.24 bits per heavy atom. The fourth-order valence-electron chi connectivity index (χ4n) is 3.56. The molecule has 0 bridgehead atoms. The number of carbonyl (C=O) groups excluding carboxylic acids is 1. The SMILES string of the molecule is CCNCC1CCN(C(=O)c2sccc2S(=O)(=O)N2CCCC2)CC1. The number of piperidine rings is 1. The van der Waals surface area contributed by atoms with Crippen molar-refractivity contribution in [1.82, 2.24) is 14.5 Å². The molecule has 2 fully saturated rings. The van der Waals surface area contributed by atoms with Gasteiger partial charge in [0.05, 0.1) is 0 Å². The lowest BCUT2D eigenvalue weighted by atomic mass is 9.96. The van der Waals surface area contributed by atoms with Crippen LogP contribution in [0.15, 0.2) is 16.3 Å². The standard InChI is InChI=1S/C17H27N3O3S2/c1-2-18-13-14-5-10-19(11-6-14)17(21)16-15(7-12-24-16)25(22,23)20-8-3-4-9-20/h7,12,14,18H,2-6,8-11,13H2,1H3. The van der Waals surface area contributed by atoms with Crippen LogP contribution in [0.25, 0.3) is 0 Å². The predicted octanol–water partition coefficient (Wildman–Crippen LogP) is 1.99. The van der Waals surface area contributed by atoms with E-state index < -0.39 is 10.0 Å². The van der Waals surface area contributed by atoms with Crippen LogP contribution in [0.2, 0.25) is 0 Å². The van der Waals surface area contributed by atoms with Crippen LogP contribution in [0.3, 0.4) is 0 Å². The maximum Gasteiger partial charge on any atom is 0.265 e. The van der Waals surface area contributed by atoms with E-state index in [9.17, 15) is 13.2 Å². The van der Waals surface area contributed by atoms with E-state index in [0.29, 0.717) is 37.0 Å². The van der Waals surface area contributed by atoms with Gasteiger partial charge in [0.1, 0.15) is 9.77 Å². The smallest absolute Gasteiger partial charge is 0.265 e. The first-order chi connectivity index (χ1) is 12.0. The Kier molecular flexibility index (Phi) is 6.14. The molecule has 1 aromatic heterocycles. The number of sulfonamides is 1. The molecule has 2 aliphatic heterocycles. The summed E-state index contributed by atoms with van der Waals surface area (Å²) in [6.07, 6.45) is 3.73. The van der Waals surface area contributed by atoms with E-state index in [0.717, 1.165) is 38.8 Å². The molecule has 8 heteroatoms. The van der Waals surface area contributed by atoms with Crippen molar-refractivity contribution in [2.24, 2.45) is 5.92 Å². The van der Waals surface area contributed by atoms with Gasteiger partial charge in [-0.1, -0.05) is 6.92 Å². The van der Waals surface area contributed by atoms with Crippen molar-refractivity contribution in [3.05, 3.63) is 16.3 Å². The zero-order valence-electron chi connectivity index (χ0n) is 14.7. The third-order valence-corrected chi connectivity index (χ3v) is 8.06. The van der Waals surface area contributed by atoms with Crippen LogP contribution in [0.1, 0.15) is 42.3 Å². The molecule has 140 valence electrons. The number of hydrogen-bond acceptors (Lipinski definition) is 5. The molecule has 3 heterocycles. The van der Waals surface area contributed by atoms with Crippen molar-refractivity contribution in [3.63, 3.8) is 0 Å². The van der Waals surface area contributed by atoms with E-state index in [2.05, 4.69) is 12.2 Å². The Hall–Kier alpha value is -0.960. The van der Waals surface area contributed by atoms with E-state index in [4.69, 9.17) is 0 Å². The lowest BCUT2D eigenvalue weighted by molar-refractivity contribution is 0.0691. The molecular weight excluding hydrogens is 358 g/mol. The van der Waals surface area contributed by atoms with Gasteiger partial charge in [-0.15, -0.1) is 11.3 Å². The second-order valence-corrected chi connectivity index (χ2v) is 9.59. The number of rotatable bonds is 6. The highest BCUT2D eigenvalue weighted by molar-refractivity contribution is 7.89. The zero-order chi connectivity index (χ0) is 17.9. The van der Waals surface area contributed by atoms with Crippen molar-refractivity contribution < 1.29 is 13.2 Å². The van der Waals surface area contributed by atoms with Gasteiger partial charge in [-0.3, -0.25) is 4.79 Å². The van der Waals surface area contributed by atoms with Crippen molar-refractivity contribution in [2.45, 2.75) is 37.5 Å². The highest BCUT2D eigenvalue weighted by Crippen LogP contribution is 2.29. The number of hydrogen-bond donors (Lipinski definition) is 1. The van der Waals surface area contributed by atoms with Crippen LogP contribution in [0.5, 0.6) is 0 Å². The molecule has 1 aromatic rings. The second-order valence-electron chi connectivity index (χ2n) is 6.77. The Morgan fingerprint density at radius 2 is 1.92 bits per heavy atom. The molecule has 2 aliphatic rings. The number of nitrogens with zero attached hydrogens (tertiary/aromatic N) is 2. The van der Waals surface area contributed by atoms with Gasteiger partial charge < -0.3 is 10.2 Å². The van der Waals surface area contributed by atoms with Crippen LogP contribution in [-0.2, 0) is 10.0 Å². The van der Waals surface area contributed by atoms with Crippen molar-refractivity contribution in [2.75, 3.05) is 39.3 Å². The first kappa shape index (κ1) is 18.8. The Morgan fingerprint density at radius 3 is 2.56 bits per heavy atom. The molecule has 1 N–H and O–H groups in total. The first-order valence-corrected chi connectivity index (χ1v) is 11.4. The fourth-order valence-corrected chi connectivity index (χ4v) is 6.44. The van der Waals surface area contributed by atoms with E-state index in [1.165, 1.54) is 15.6 Å². The van der Waals surface area contributed by atoms with Gasteiger partial charge in [0.25, 0.3) is 5.91 Å². The average Bonchev–Trinajstić information content (AvgIpc) is 3.31. The van der Waals surface area contributed by atoms with Gasteiger partial charge in [0, 0.05) is 26.2 Å². The molecule has 1 amide bonds. The van der Waals surface area contributed by atoms with Crippen molar-refractivity contribution >= 4 is 27.3 Å². The molecule has 0 unspecified atom stereocenters. The summed E-state index contributed by atoms with van der Waals surface area (Å²) in [4.78, 5) is 15.3. The maximum atomic E-state index is 12.9. The topological polar surface area (TPSA) is 69.7 Å². The van der Waals surface area contributed by atoms with Gasteiger partial charge in [-0.25, -0.2) is 8.42 Å². The van der Waals surface area contributed by atoms with Crippen LogP contribution in [-0.4, -0.2) is 62.8 Å². The normalized spacial score (nSPS) is 20.3. The molecule has 0 aromatic carbocycles. The van der Waals surface area contributed by atoms with Gasteiger partial charge in [-0.05, 0) is 56.1 Å². The summed E-state index contributed by atoms with van der Waals surface area (Å²) >= 11 is 1.24. The summed E-state index contributed by atoms with van der Waals surface area (Å²) in [7, 11) is -3.55. The first-order valence-electron chi connectivity index (χ1n) is 9.11. The van der Waals surface area contributed by atoms with Crippen LogP contribution < -0.4 is 5.32 Å². The fraction of sp³-hybridized carbons (Fsp3) is 0.706. The Balaban J connectivity index is 1.69. The number of nitrogens with one attached hydrogen (secondary N) is 1. The minimum Gasteiger partial charge on any atom is -0.338 e. The molecule has 0 spiro atoms. The number of thiophene rings is 1. The number of amides is 1. The van der Waals surface area contributed by atoms with Gasteiger partial charge in [0.15, 0.2) is 0 Å². The van der Waals surface area contributed by atoms with Crippen molar-refractivity contribution in [1.29, 1.82) is 0 Å². The quantitative estimate of drug-likeness (QED) is 0.813. The molecule has 0 radical (unpaired) electrons. The summed E-state index contributed by atoms with van der Waals surface area (Å²) < 4.78 is 27.2. The highest BCUT2D eigenvalue weighted by atomic mass is 32.2. The van der Waals surface area contributed by atoms with Gasteiger partial charge in [0.2, 0.25) is 10.0 Å². The Labute approximate surface area is 154 Å². The molecule has 6 nitrogen and oxygen atoms in total. The average molecular weight is 386 g/mol. The molecule has 2 saturated heterocycles. The van der Waals surface area contributed by atoms with E-state index in [1.807, 2.05) is 4.90 Å². The number of likely N-dealkylation sites (tertiary alicyclic amines) is 1. The molecule has 0 saturated carbocycles. The van der Waals surface area contributed by atoms with E-state index >= 15 is 0 Å². The van der Waals surface area contributed by atoms with Crippen molar-refractivity contribution in [3.8, 4) is 0 Å². The summed E-state index contributed by atoms with van der Waals surface area (Å²) in [5.74, 6) is 0.467. The largest absolute Gasteiger partial charge is 0.338 e.